The molecule has 0 aliphatic heterocycles. The van der Waals surface area contributed by atoms with Gasteiger partial charge in [-0.1, -0.05) is 35.9 Å². The molecule has 1 rings (SSSR count). The summed E-state index contributed by atoms with van der Waals surface area (Å²) < 4.78 is 0. The predicted molar refractivity (Wildman–Crippen MR) is 55.6 cm³/mol. The maximum Gasteiger partial charge on any atom is 0.0976 e. The highest BCUT2D eigenvalue weighted by atomic mass is 16.3. The first-order chi connectivity index (χ1) is 6.11. The van der Waals surface area contributed by atoms with Crippen molar-refractivity contribution in [2.24, 2.45) is 0 Å². The van der Waals surface area contributed by atoms with Crippen molar-refractivity contribution in [3.63, 3.8) is 0 Å². The van der Waals surface area contributed by atoms with Gasteiger partial charge in [-0.15, -0.1) is 0 Å². The van der Waals surface area contributed by atoms with Gasteiger partial charge in [-0.25, -0.2) is 0 Å². The Morgan fingerprint density at radius 1 is 1.31 bits per heavy atom. The zero-order chi connectivity index (χ0) is 9.84. The van der Waals surface area contributed by atoms with E-state index >= 15 is 0 Å². The Balaban J connectivity index is 2.95. The third kappa shape index (κ3) is 2.71. The fourth-order valence-electron chi connectivity index (χ4n) is 1.32. The fraction of sp³-hybridized carbons (Fsp3) is 0.333. The van der Waals surface area contributed by atoms with Gasteiger partial charge in [0, 0.05) is 0 Å². The number of aliphatic hydroxyl groups is 1. The van der Waals surface area contributed by atoms with Crippen LogP contribution in [0.15, 0.2) is 35.9 Å². The van der Waals surface area contributed by atoms with E-state index in [-0.39, 0.29) is 0 Å². The first-order valence-corrected chi connectivity index (χ1v) is 4.50. The summed E-state index contributed by atoms with van der Waals surface area (Å²) in [6, 6.07) is 7.90. The smallest absolute Gasteiger partial charge is 0.0976 e. The van der Waals surface area contributed by atoms with Gasteiger partial charge >= 0.3 is 0 Å². The number of allylic oxidation sites excluding steroid dienone is 1. The van der Waals surface area contributed by atoms with Crippen LogP contribution in [-0.2, 0) is 0 Å². The molecule has 70 valence electrons. The number of rotatable bonds is 2. The molecule has 0 amide bonds. The summed E-state index contributed by atoms with van der Waals surface area (Å²) in [5, 5.41) is 9.80. The molecule has 0 bridgehead atoms. The molecule has 0 heterocycles. The van der Waals surface area contributed by atoms with Crippen molar-refractivity contribution in [1.29, 1.82) is 0 Å². The molecular formula is C12H16O. The van der Waals surface area contributed by atoms with Crippen LogP contribution < -0.4 is 0 Å². The molecule has 0 spiro atoms. The SMILES string of the molecule is CC(C)=CC(O)c1ccccc1C. The van der Waals surface area contributed by atoms with Crippen LogP contribution in [0.1, 0.15) is 31.1 Å². The van der Waals surface area contributed by atoms with E-state index in [1.54, 1.807) is 0 Å². The van der Waals surface area contributed by atoms with Gasteiger partial charge in [0.1, 0.15) is 0 Å². The van der Waals surface area contributed by atoms with E-state index in [1.807, 2.05) is 51.1 Å². The van der Waals surface area contributed by atoms with E-state index in [1.165, 1.54) is 0 Å². The quantitative estimate of drug-likeness (QED) is 0.687. The highest BCUT2D eigenvalue weighted by Crippen LogP contribution is 2.19. The Hall–Kier alpha value is -1.08. The average molecular weight is 176 g/mol. The number of hydrogen-bond donors (Lipinski definition) is 1. The Kier molecular flexibility index (Phi) is 3.26. The summed E-state index contributed by atoms with van der Waals surface area (Å²) in [6.45, 7) is 5.99. The predicted octanol–water partition coefficient (Wildman–Crippen LogP) is 2.99. The summed E-state index contributed by atoms with van der Waals surface area (Å²) in [4.78, 5) is 0. The molecule has 1 atom stereocenters. The molecule has 0 radical (unpaired) electrons. The Bertz CT molecular complexity index is 309. The van der Waals surface area contributed by atoms with Crippen LogP contribution in [0, 0.1) is 6.92 Å². The minimum atomic E-state index is -0.466. The van der Waals surface area contributed by atoms with Crippen molar-refractivity contribution >= 4 is 0 Å². The van der Waals surface area contributed by atoms with Gasteiger partial charge in [-0.3, -0.25) is 0 Å². The van der Waals surface area contributed by atoms with Gasteiger partial charge in [0.05, 0.1) is 6.10 Å². The van der Waals surface area contributed by atoms with E-state index in [9.17, 15) is 5.11 Å². The van der Waals surface area contributed by atoms with Crippen LogP contribution >= 0.6 is 0 Å². The Labute approximate surface area is 79.7 Å². The van der Waals surface area contributed by atoms with E-state index in [2.05, 4.69) is 0 Å². The second kappa shape index (κ2) is 4.24. The van der Waals surface area contributed by atoms with E-state index in [0.717, 1.165) is 16.7 Å². The van der Waals surface area contributed by atoms with Crippen LogP contribution in [0.4, 0.5) is 0 Å². The molecule has 0 fully saturated rings. The van der Waals surface area contributed by atoms with Crippen molar-refractivity contribution in [2.45, 2.75) is 26.9 Å². The van der Waals surface area contributed by atoms with Crippen LogP contribution in [0.25, 0.3) is 0 Å². The minimum absolute atomic E-state index is 0.466. The third-order valence-corrected chi connectivity index (χ3v) is 2.00. The highest BCUT2D eigenvalue weighted by molar-refractivity contribution is 5.30. The van der Waals surface area contributed by atoms with Gasteiger partial charge in [0.15, 0.2) is 0 Å². The third-order valence-electron chi connectivity index (χ3n) is 2.00. The topological polar surface area (TPSA) is 20.2 Å². The molecule has 1 N–H and O–H groups in total. The van der Waals surface area contributed by atoms with Gasteiger partial charge in [0.25, 0.3) is 0 Å². The molecule has 1 aromatic rings. The van der Waals surface area contributed by atoms with Crippen molar-refractivity contribution in [3.8, 4) is 0 Å². The second-order valence-corrected chi connectivity index (χ2v) is 3.55. The van der Waals surface area contributed by atoms with Gasteiger partial charge in [-0.05, 0) is 31.9 Å². The lowest BCUT2D eigenvalue weighted by Gasteiger charge is -2.09. The summed E-state index contributed by atoms with van der Waals surface area (Å²) >= 11 is 0. The normalized spacial score (nSPS) is 12.3. The van der Waals surface area contributed by atoms with E-state index in [4.69, 9.17) is 0 Å². The zero-order valence-corrected chi connectivity index (χ0v) is 8.41. The van der Waals surface area contributed by atoms with Gasteiger partial charge < -0.3 is 5.11 Å². The molecule has 0 aromatic heterocycles. The van der Waals surface area contributed by atoms with Crippen molar-refractivity contribution in [2.75, 3.05) is 0 Å². The van der Waals surface area contributed by atoms with Crippen LogP contribution in [0.2, 0.25) is 0 Å². The van der Waals surface area contributed by atoms with Crippen molar-refractivity contribution < 1.29 is 5.11 Å². The first kappa shape index (κ1) is 10.0. The van der Waals surface area contributed by atoms with E-state index < -0.39 is 6.10 Å². The summed E-state index contributed by atoms with van der Waals surface area (Å²) in [6.07, 6.45) is 1.40. The summed E-state index contributed by atoms with van der Waals surface area (Å²) in [5.41, 5.74) is 3.26. The molecule has 0 saturated heterocycles. The number of benzene rings is 1. The van der Waals surface area contributed by atoms with Gasteiger partial charge in [-0.2, -0.15) is 0 Å². The molecule has 0 aliphatic rings. The van der Waals surface area contributed by atoms with Crippen molar-refractivity contribution in [3.05, 3.63) is 47.0 Å². The Morgan fingerprint density at radius 2 is 1.92 bits per heavy atom. The summed E-state index contributed by atoms with van der Waals surface area (Å²) in [5.74, 6) is 0. The molecule has 13 heavy (non-hydrogen) atoms. The second-order valence-electron chi connectivity index (χ2n) is 3.55. The lowest BCUT2D eigenvalue weighted by atomic mass is 10.0. The lowest BCUT2D eigenvalue weighted by Crippen LogP contribution is -1.96. The fourth-order valence-corrected chi connectivity index (χ4v) is 1.32. The molecule has 1 unspecified atom stereocenters. The molecule has 1 aromatic carbocycles. The molecular weight excluding hydrogens is 160 g/mol. The standard InChI is InChI=1S/C12H16O/c1-9(2)8-12(13)11-7-5-4-6-10(11)3/h4-8,12-13H,1-3H3. The minimum Gasteiger partial charge on any atom is -0.384 e. The maximum absolute atomic E-state index is 9.80. The van der Waals surface area contributed by atoms with E-state index in [0.29, 0.717) is 0 Å². The van der Waals surface area contributed by atoms with Crippen LogP contribution in [0.3, 0.4) is 0 Å². The lowest BCUT2D eigenvalue weighted by molar-refractivity contribution is 0.227. The molecule has 0 saturated carbocycles. The molecule has 1 heteroatoms. The molecule has 1 nitrogen and oxygen atoms in total. The highest BCUT2D eigenvalue weighted by Gasteiger charge is 2.05. The van der Waals surface area contributed by atoms with Crippen LogP contribution in [-0.4, -0.2) is 5.11 Å². The largest absolute Gasteiger partial charge is 0.384 e. The van der Waals surface area contributed by atoms with Gasteiger partial charge in [0.2, 0.25) is 0 Å². The number of aliphatic hydroxyl groups excluding tert-OH is 1. The zero-order valence-electron chi connectivity index (χ0n) is 8.41. The molecule has 0 aliphatic carbocycles. The maximum atomic E-state index is 9.80. The summed E-state index contributed by atoms with van der Waals surface area (Å²) in [7, 11) is 0. The first-order valence-electron chi connectivity index (χ1n) is 4.50. The number of aryl methyl sites for hydroxylation is 1. The van der Waals surface area contributed by atoms with Crippen molar-refractivity contribution in [1.82, 2.24) is 0 Å². The monoisotopic (exact) mass is 176 g/mol. The Morgan fingerprint density at radius 3 is 2.46 bits per heavy atom. The van der Waals surface area contributed by atoms with Crippen LogP contribution in [0.5, 0.6) is 0 Å². The average Bonchev–Trinajstić information content (AvgIpc) is 2.03. The number of hydrogen-bond acceptors (Lipinski definition) is 1.